The molecular weight excluding hydrogens is 541 g/mol. The van der Waals surface area contributed by atoms with Gasteiger partial charge in [0.1, 0.15) is 11.3 Å². The molecule has 1 amide bonds. The van der Waals surface area contributed by atoms with Crippen LogP contribution in [0.1, 0.15) is 39.2 Å². The van der Waals surface area contributed by atoms with E-state index in [1.54, 1.807) is 31.2 Å². The van der Waals surface area contributed by atoms with Gasteiger partial charge in [-0.1, -0.05) is 12.1 Å². The Balaban J connectivity index is 1.47. The average Bonchev–Trinajstić information content (AvgIpc) is 3.52. The third-order valence-corrected chi connectivity index (χ3v) is 5.78. The second-order valence-corrected chi connectivity index (χ2v) is 8.53. The number of amides is 1. The van der Waals surface area contributed by atoms with Crippen LogP contribution in [-0.4, -0.2) is 53.9 Å². The maximum absolute atomic E-state index is 14.2. The zero-order valence-corrected chi connectivity index (χ0v) is 20.7. The second kappa shape index (κ2) is 9.66. The van der Waals surface area contributed by atoms with Gasteiger partial charge in [0.05, 0.1) is 18.5 Å². The van der Waals surface area contributed by atoms with Crippen LogP contribution in [0.4, 0.5) is 27.6 Å². The minimum Gasteiger partial charge on any atom is -0.462 e. The minimum atomic E-state index is -5.88. The molecule has 0 spiro atoms. The molecule has 0 radical (unpaired) electrons. The molecule has 1 N–H and O–H groups in total. The van der Waals surface area contributed by atoms with Gasteiger partial charge in [-0.05, 0) is 38.1 Å². The molecule has 4 aromatic heterocycles. The number of anilines is 1. The van der Waals surface area contributed by atoms with Gasteiger partial charge in [-0.25, -0.2) is 23.8 Å². The van der Waals surface area contributed by atoms with E-state index in [4.69, 9.17) is 4.74 Å². The van der Waals surface area contributed by atoms with Crippen molar-refractivity contribution in [2.45, 2.75) is 25.9 Å². The van der Waals surface area contributed by atoms with E-state index in [-0.39, 0.29) is 34.8 Å². The fourth-order valence-electron chi connectivity index (χ4n) is 3.99. The summed E-state index contributed by atoms with van der Waals surface area (Å²) in [6.45, 7) is 3.09. The summed E-state index contributed by atoms with van der Waals surface area (Å²) in [5, 5.41) is 10.4. The first kappa shape index (κ1) is 26.6. The number of aromatic nitrogens is 6. The number of carbonyl (C=O) groups is 2. The molecule has 15 heteroatoms. The molecule has 4 heterocycles. The molecule has 206 valence electrons. The number of hydrogen-bond donors (Lipinski definition) is 1. The van der Waals surface area contributed by atoms with Gasteiger partial charge in [-0.3, -0.25) is 4.79 Å². The van der Waals surface area contributed by atoms with E-state index in [1.165, 1.54) is 29.9 Å². The first-order chi connectivity index (χ1) is 18.9. The van der Waals surface area contributed by atoms with Crippen molar-refractivity contribution in [3.8, 4) is 11.3 Å². The van der Waals surface area contributed by atoms with Gasteiger partial charge in [0, 0.05) is 29.2 Å². The summed E-state index contributed by atoms with van der Waals surface area (Å²) >= 11 is 0. The average molecular weight is 559 g/mol. The molecule has 0 saturated heterocycles. The van der Waals surface area contributed by atoms with Crippen LogP contribution in [0, 0.1) is 6.92 Å². The molecule has 0 fully saturated rings. The van der Waals surface area contributed by atoms with Crippen molar-refractivity contribution in [2.75, 3.05) is 11.9 Å². The van der Waals surface area contributed by atoms with Crippen molar-refractivity contribution in [3.05, 3.63) is 77.5 Å². The zero-order valence-electron chi connectivity index (χ0n) is 20.7. The van der Waals surface area contributed by atoms with E-state index in [0.717, 1.165) is 6.07 Å². The molecule has 0 aliphatic rings. The molecule has 0 atom stereocenters. The Labute approximate surface area is 221 Å². The third kappa shape index (κ3) is 4.58. The highest BCUT2D eigenvalue weighted by Gasteiger charge is 2.60. The van der Waals surface area contributed by atoms with Crippen LogP contribution in [0.25, 0.3) is 22.6 Å². The van der Waals surface area contributed by atoms with Crippen LogP contribution in [0.3, 0.4) is 0 Å². The lowest BCUT2D eigenvalue weighted by molar-refractivity contribution is -0.291. The summed E-state index contributed by atoms with van der Waals surface area (Å²) in [5.41, 5.74) is -0.610. The van der Waals surface area contributed by atoms with Crippen LogP contribution < -0.4 is 5.32 Å². The first-order valence-corrected chi connectivity index (χ1v) is 11.6. The van der Waals surface area contributed by atoms with Crippen molar-refractivity contribution in [2.24, 2.45) is 0 Å². The first-order valence-electron chi connectivity index (χ1n) is 11.6. The van der Waals surface area contributed by atoms with Gasteiger partial charge in [0.25, 0.3) is 5.91 Å². The summed E-state index contributed by atoms with van der Waals surface area (Å²) in [4.78, 5) is 33.3. The Morgan fingerprint density at radius 2 is 1.82 bits per heavy atom. The fourth-order valence-corrected chi connectivity index (χ4v) is 3.99. The van der Waals surface area contributed by atoms with Gasteiger partial charge in [-0.2, -0.15) is 32.1 Å². The highest BCUT2D eigenvalue weighted by molar-refractivity contribution is 6.03. The molecule has 5 rings (SSSR count). The number of alkyl halides is 5. The highest BCUT2D eigenvalue weighted by Crippen LogP contribution is 2.43. The predicted molar refractivity (Wildman–Crippen MR) is 130 cm³/mol. The number of nitrogens with zero attached hydrogens (tertiary/aromatic N) is 6. The van der Waals surface area contributed by atoms with E-state index >= 15 is 0 Å². The van der Waals surface area contributed by atoms with E-state index in [2.05, 4.69) is 25.5 Å². The number of aryl methyl sites for hydroxylation is 1. The number of esters is 1. The van der Waals surface area contributed by atoms with Crippen LogP contribution in [0.2, 0.25) is 0 Å². The standard InChI is InChI=1S/C25H18F5N7O3/c1-3-40-23(39)16-12-32-36-18(7-8-31-21(16)36)14-5-4-6-15(10-14)34-22(38)17-11-20-33-13(2)9-19(37(20)35-17)24(26,27)25(28,29)30/h4-12H,3H2,1-2H3,(H,34,38). The summed E-state index contributed by atoms with van der Waals surface area (Å²) in [5.74, 6) is -6.69. The van der Waals surface area contributed by atoms with E-state index in [9.17, 15) is 31.5 Å². The number of carbonyl (C=O) groups excluding carboxylic acids is 2. The van der Waals surface area contributed by atoms with Crippen molar-refractivity contribution in [1.29, 1.82) is 0 Å². The monoisotopic (exact) mass is 559 g/mol. The number of hydrogen-bond acceptors (Lipinski definition) is 7. The predicted octanol–water partition coefficient (Wildman–Crippen LogP) is 4.83. The van der Waals surface area contributed by atoms with Crippen molar-refractivity contribution in [3.63, 3.8) is 0 Å². The number of benzene rings is 1. The zero-order chi connectivity index (χ0) is 28.8. The maximum atomic E-state index is 14.2. The maximum Gasteiger partial charge on any atom is 0.459 e. The van der Waals surface area contributed by atoms with Gasteiger partial charge in [0.2, 0.25) is 0 Å². The lowest BCUT2D eigenvalue weighted by Crippen LogP contribution is -2.36. The lowest BCUT2D eigenvalue weighted by Gasteiger charge is -2.20. The Morgan fingerprint density at radius 3 is 2.55 bits per heavy atom. The summed E-state index contributed by atoms with van der Waals surface area (Å²) in [6.07, 6.45) is -3.09. The topological polar surface area (TPSA) is 116 Å². The molecule has 0 bridgehead atoms. The van der Waals surface area contributed by atoms with E-state index < -0.39 is 35.4 Å². The highest BCUT2D eigenvalue weighted by atomic mass is 19.4. The van der Waals surface area contributed by atoms with Gasteiger partial charge < -0.3 is 10.1 Å². The molecular formula is C25H18F5N7O3. The fraction of sp³-hybridized carbons (Fsp3) is 0.200. The summed E-state index contributed by atoms with van der Waals surface area (Å²) < 4.78 is 74.3. The molecule has 0 unspecified atom stereocenters. The molecule has 0 saturated carbocycles. The Hall–Kier alpha value is -4.95. The SMILES string of the molecule is CCOC(=O)c1cnn2c(-c3cccc(NC(=O)c4cc5nc(C)cc(C(F)(F)C(F)(F)F)n5n4)c3)ccnc12. The van der Waals surface area contributed by atoms with Crippen LogP contribution >= 0.6 is 0 Å². The Morgan fingerprint density at radius 1 is 1.05 bits per heavy atom. The molecule has 40 heavy (non-hydrogen) atoms. The molecule has 0 aliphatic heterocycles. The lowest BCUT2D eigenvalue weighted by atomic mass is 10.1. The van der Waals surface area contributed by atoms with Gasteiger partial charge in [-0.15, -0.1) is 0 Å². The minimum absolute atomic E-state index is 0.112. The number of halogens is 5. The van der Waals surface area contributed by atoms with Crippen LogP contribution in [-0.2, 0) is 10.7 Å². The number of ether oxygens (including phenoxy) is 1. The van der Waals surface area contributed by atoms with Crippen molar-refractivity contribution >= 4 is 28.9 Å². The van der Waals surface area contributed by atoms with Crippen LogP contribution in [0.5, 0.6) is 0 Å². The van der Waals surface area contributed by atoms with E-state index in [0.29, 0.717) is 21.8 Å². The number of nitrogens with one attached hydrogen (secondary N) is 1. The molecule has 1 aromatic carbocycles. The van der Waals surface area contributed by atoms with Gasteiger partial charge in [0.15, 0.2) is 17.0 Å². The molecule has 10 nitrogen and oxygen atoms in total. The van der Waals surface area contributed by atoms with Gasteiger partial charge >= 0.3 is 18.1 Å². The second-order valence-electron chi connectivity index (χ2n) is 8.53. The Bertz CT molecular complexity index is 1780. The summed E-state index contributed by atoms with van der Waals surface area (Å²) in [7, 11) is 0. The third-order valence-electron chi connectivity index (χ3n) is 5.78. The van der Waals surface area contributed by atoms with E-state index in [1.807, 2.05) is 0 Å². The number of fused-ring (bicyclic) bond motifs is 2. The quantitative estimate of drug-likeness (QED) is 0.234. The van der Waals surface area contributed by atoms with Crippen molar-refractivity contribution < 1.29 is 36.3 Å². The molecule has 0 aliphatic carbocycles. The smallest absolute Gasteiger partial charge is 0.459 e. The number of rotatable bonds is 6. The Kier molecular flexibility index (Phi) is 6.44. The van der Waals surface area contributed by atoms with Crippen LogP contribution in [0.15, 0.2) is 54.9 Å². The van der Waals surface area contributed by atoms with Crippen molar-refractivity contribution in [1.82, 2.24) is 29.2 Å². The molecule has 5 aromatic rings. The normalized spacial score (nSPS) is 12.2. The summed E-state index contributed by atoms with van der Waals surface area (Å²) in [6, 6.07) is 9.64. The largest absolute Gasteiger partial charge is 0.462 e.